The molecule has 0 unspecified atom stereocenters. The van der Waals surface area contributed by atoms with Crippen molar-refractivity contribution in [1.29, 1.82) is 0 Å². The number of hydrogen-bond acceptors (Lipinski definition) is 0. The summed E-state index contributed by atoms with van der Waals surface area (Å²) in [4.78, 5) is 0. The zero-order valence-corrected chi connectivity index (χ0v) is 10.3. The van der Waals surface area contributed by atoms with Crippen molar-refractivity contribution in [3.8, 4) is 11.1 Å². The van der Waals surface area contributed by atoms with E-state index in [2.05, 4.69) is 0 Å². The SMILES string of the molecule is FC(F)(F)c1cccc2c(C(F)(F)F)cc(C(F)(F)F)c-2c1. The summed E-state index contributed by atoms with van der Waals surface area (Å²) in [7, 11) is 0. The topological polar surface area (TPSA) is 0 Å². The van der Waals surface area contributed by atoms with Gasteiger partial charge >= 0.3 is 18.5 Å². The summed E-state index contributed by atoms with van der Waals surface area (Å²) in [6.45, 7) is 0. The molecule has 0 bridgehead atoms. The van der Waals surface area contributed by atoms with Gasteiger partial charge in [0, 0.05) is 0 Å². The summed E-state index contributed by atoms with van der Waals surface area (Å²) in [6, 6.07) is 1.54. The first-order valence-electron chi connectivity index (χ1n) is 5.60. The van der Waals surface area contributed by atoms with Gasteiger partial charge in [-0.05, 0) is 29.3 Å². The molecule has 0 saturated carbocycles. The van der Waals surface area contributed by atoms with Crippen LogP contribution in [0, 0.1) is 0 Å². The molecule has 22 heavy (non-hydrogen) atoms. The minimum absolute atomic E-state index is 0.0768. The third-order valence-electron chi connectivity index (χ3n) is 2.94. The van der Waals surface area contributed by atoms with E-state index in [0.29, 0.717) is 18.2 Å². The Labute approximate surface area is 117 Å². The van der Waals surface area contributed by atoms with E-state index in [1.165, 1.54) is 0 Å². The number of fused-ring (bicyclic) bond motifs is 1. The second kappa shape index (κ2) is 4.79. The van der Waals surface area contributed by atoms with Gasteiger partial charge in [0.15, 0.2) is 0 Å². The fourth-order valence-electron chi connectivity index (χ4n) is 2.02. The predicted octanol–water partition coefficient (Wildman–Crippen LogP) is 5.85. The van der Waals surface area contributed by atoms with Gasteiger partial charge in [0.25, 0.3) is 0 Å². The third kappa shape index (κ3) is 2.97. The third-order valence-corrected chi connectivity index (χ3v) is 2.94. The zero-order chi connectivity index (χ0) is 16.9. The molecule has 2 rings (SSSR count). The predicted molar refractivity (Wildman–Crippen MR) is 58.1 cm³/mol. The summed E-state index contributed by atoms with van der Waals surface area (Å²) in [6.07, 6.45) is -15.3. The summed E-state index contributed by atoms with van der Waals surface area (Å²) in [5.74, 6) is 0. The molecular formula is C13H5F9. The van der Waals surface area contributed by atoms with Gasteiger partial charge in [0.05, 0.1) is 16.7 Å². The van der Waals surface area contributed by atoms with E-state index in [1.54, 1.807) is 0 Å². The highest BCUT2D eigenvalue weighted by Gasteiger charge is 2.43. The Bertz CT molecular complexity index is 661. The van der Waals surface area contributed by atoms with Crippen LogP contribution in [-0.2, 0) is 18.5 Å². The summed E-state index contributed by atoms with van der Waals surface area (Å²) < 4.78 is 115. The van der Waals surface area contributed by atoms with Crippen LogP contribution in [0.4, 0.5) is 39.5 Å². The molecule has 0 N–H and O–H groups in total. The molecule has 0 aromatic heterocycles. The van der Waals surface area contributed by atoms with Crippen molar-refractivity contribution >= 4 is 0 Å². The van der Waals surface area contributed by atoms with Crippen LogP contribution < -0.4 is 0 Å². The molecule has 0 amide bonds. The molecule has 0 spiro atoms. The van der Waals surface area contributed by atoms with E-state index < -0.39 is 46.3 Å². The van der Waals surface area contributed by atoms with E-state index in [4.69, 9.17) is 0 Å². The minimum atomic E-state index is -5.21. The van der Waals surface area contributed by atoms with Crippen LogP contribution in [0.15, 0.2) is 30.3 Å². The van der Waals surface area contributed by atoms with E-state index in [1.807, 2.05) is 0 Å². The first-order chi connectivity index (χ1) is 9.82. The normalized spacial score (nSPS) is 13.7. The van der Waals surface area contributed by atoms with Gasteiger partial charge in [-0.25, -0.2) is 0 Å². The molecular weight excluding hydrogens is 327 g/mol. The number of halogens is 9. The molecule has 0 saturated heterocycles. The largest absolute Gasteiger partial charge is 0.417 e. The molecule has 0 heterocycles. The van der Waals surface area contributed by atoms with E-state index >= 15 is 0 Å². The van der Waals surface area contributed by atoms with Gasteiger partial charge in [-0.1, -0.05) is 12.1 Å². The van der Waals surface area contributed by atoms with Crippen LogP contribution in [0.1, 0.15) is 16.7 Å². The van der Waals surface area contributed by atoms with Crippen molar-refractivity contribution in [1.82, 2.24) is 0 Å². The average molecular weight is 332 g/mol. The molecule has 0 aromatic carbocycles. The van der Waals surface area contributed by atoms with Crippen molar-refractivity contribution in [3.05, 3.63) is 47.0 Å². The standard InChI is InChI=1S/C13H5F9/c14-11(15,16)6-2-1-3-7-8(4-6)10(13(20,21)22)5-9(7)12(17,18)19/h1-5H. The number of alkyl halides is 9. The van der Waals surface area contributed by atoms with Gasteiger partial charge in [0.2, 0.25) is 0 Å². The van der Waals surface area contributed by atoms with Gasteiger partial charge in [0.1, 0.15) is 0 Å². The Morgan fingerprint density at radius 3 is 1.50 bits per heavy atom. The molecule has 2 aliphatic carbocycles. The maximum atomic E-state index is 12.8. The monoisotopic (exact) mass is 332 g/mol. The van der Waals surface area contributed by atoms with Crippen LogP contribution in [-0.4, -0.2) is 0 Å². The Balaban J connectivity index is 2.83. The minimum Gasteiger partial charge on any atom is -0.166 e. The maximum absolute atomic E-state index is 12.8. The molecule has 0 nitrogen and oxygen atoms in total. The fraction of sp³-hybridized carbons (Fsp3) is 0.231. The first kappa shape index (κ1) is 16.4. The molecule has 9 heteroatoms. The maximum Gasteiger partial charge on any atom is 0.417 e. The van der Waals surface area contributed by atoms with Gasteiger partial charge in [-0.2, -0.15) is 39.5 Å². The lowest BCUT2D eigenvalue weighted by Crippen LogP contribution is -2.06. The molecule has 0 fully saturated rings. The van der Waals surface area contributed by atoms with Crippen LogP contribution in [0.2, 0.25) is 0 Å². The van der Waals surface area contributed by atoms with Gasteiger partial charge in [-0.3, -0.25) is 0 Å². The second-order valence-electron chi connectivity index (χ2n) is 4.42. The van der Waals surface area contributed by atoms with Crippen molar-refractivity contribution in [2.45, 2.75) is 18.5 Å². The Morgan fingerprint density at radius 2 is 1.05 bits per heavy atom. The van der Waals surface area contributed by atoms with E-state index in [0.717, 1.165) is 0 Å². The molecule has 0 radical (unpaired) electrons. The van der Waals surface area contributed by atoms with Crippen LogP contribution in [0.3, 0.4) is 0 Å². The fourth-order valence-corrected chi connectivity index (χ4v) is 2.02. The molecule has 2 aliphatic rings. The highest BCUT2D eigenvalue weighted by Crippen LogP contribution is 2.48. The van der Waals surface area contributed by atoms with Crippen molar-refractivity contribution in [3.63, 3.8) is 0 Å². The summed E-state index contributed by atoms with van der Waals surface area (Å²) in [5, 5.41) is 0. The van der Waals surface area contributed by atoms with Crippen LogP contribution >= 0.6 is 0 Å². The van der Waals surface area contributed by atoms with Crippen LogP contribution in [0.25, 0.3) is 11.1 Å². The van der Waals surface area contributed by atoms with Gasteiger partial charge < -0.3 is 0 Å². The van der Waals surface area contributed by atoms with Crippen LogP contribution in [0.5, 0.6) is 0 Å². The number of hydrogen-bond donors (Lipinski definition) is 0. The highest BCUT2D eigenvalue weighted by atomic mass is 19.4. The average Bonchev–Trinajstić information content (AvgIpc) is 2.52. The summed E-state index contributed by atoms with van der Waals surface area (Å²) >= 11 is 0. The molecule has 120 valence electrons. The zero-order valence-electron chi connectivity index (χ0n) is 10.3. The highest BCUT2D eigenvalue weighted by molar-refractivity contribution is 5.76. The van der Waals surface area contributed by atoms with Crippen molar-refractivity contribution in [2.75, 3.05) is 0 Å². The first-order valence-corrected chi connectivity index (χ1v) is 5.60. The Kier molecular flexibility index (Phi) is 3.58. The lowest BCUT2D eigenvalue weighted by atomic mass is 10.1. The van der Waals surface area contributed by atoms with Crippen molar-refractivity contribution in [2.24, 2.45) is 0 Å². The summed E-state index contributed by atoms with van der Waals surface area (Å²) in [5.41, 5.74) is -6.92. The lowest BCUT2D eigenvalue weighted by molar-refractivity contribution is -0.141. The molecule has 0 aromatic rings. The smallest absolute Gasteiger partial charge is 0.166 e. The molecule has 0 atom stereocenters. The number of rotatable bonds is 0. The Morgan fingerprint density at radius 1 is 0.545 bits per heavy atom. The second-order valence-corrected chi connectivity index (χ2v) is 4.42. The van der Waals surface area contributed by atoms with Gasteiger partial charge in [-0.15, -0.1) is 0 Å². The van der Waals surface area contributed by atoms with E-state index in [9.17, 15) is 39.5 Å². The quantitative estimate of drug-likeness (QED) is 0.531. The van der Waals surface area contributed by atoms with E-state index in [-0.39, 0.29) is 12.1 Å². The van der Waals surface area contributed by atoms with Crippen molar-refractivity contribution < 1.29 is 39.5 Å². The molecule has 0 aliphatic heterocycles. The lowest BCUT2D eigenvalue weighted by Gasteiger charge is -2.08. The Hall–Kier alpha value is -1.93.